The topological polar surface area (TPSA) is 58.2 Å². The Hall–Kier alpha value is -0.910. The molecule has 1 aromatic carbocycles. The van der Waals surface area contributed by atoms with E-state index >= 15 is 0 Å². The van der Waals surface area contributed by atoms with Crippen molar-refractivity contribution in [1.29, 1.82) is 0 Å². The van der Waals surface area contributed by atoms with Crippen LogP contribution >= 0.6 is 0 Å². The van der Waals surface area contributed by atoms with Crippen LogP contribution < -0.4 is 10.0 Å². The van der Waals surface area contributed by atoms with Crippen LogP contribution in [0.4, 0.5) is 0 Å². The van der Waals surface area contributed by atoms with Crippen LogP contribution in [0, 0.1) is 0 Å². The lowest BCUT2D eigenvalue weighted by Gasteiger charge is -2.18. The molecule has 108 valence electrons. The zero-order chi connectivity index (χ0) is 14.3. The molecule has 0 amide bonds. The Kier molecular flexibility index (Phi) is 6.48. The zero-order valence-electron chi connectivity index (χ0n) is 11.9. The van der Waals surface area contributed by atoms with Crippen molar-refractivity contribution in [1.82, 2.24) is 10.0 Å². The number of hydrogen-bond acceptors (Lipinski definition) is 3. The molecule has 0 aromatic heterocycles. The van der Waals surface area contributed by atoms with Gasteiger partial charge in [-0.25, -0.2) is 13.1 Å². The molecule has 0 aliphatic carbocycles. The van der Waals surface area contributed by atoms with Gasteiger partial charge in [0.1, 0.15) is 0 Å². The third kappa shape index (κ3) is 4.60. The summed E-state index contributed by atoms with van der Waals surface area (Å²) in [5.74, 6) is 0. The highest BCUT2D eigenvalue weighted by Crippen LogP contribution is 2.16. The van der Waals surface area contributed by atoms with Crippen molar-refractivity contribution in [2.45, 2.75) is 50.6 Å². The quantitative estimate of drug-likeness (QED) is 0.770. The average Bonchev–Trinajstić information content (AvgIpc) is 2.39. The van der Waals surface area contributed by atoms with Gasteiger partial charge < -0.3 is 5.32 Å². The van der Waals surface area contributed by atoms with E-state index in [9.17, 15) is 8.42 Å². The maximum atomic E-state index is 12.4. The lowest BCUT2D eigenvalue weighted by atomic mass is 10.1. The highest BCUT2D eigenvalue weighted by atomic mass is 32.2. The second-order valence-corrected chi connectivity index (χ2v) is 6.34. The fraction of sp³-hybridized carbons (Fsp3) is 0.571. The van der Waals surface area contributed by atoms with Crippen LogP contribution in [0.2, 0.25) is 0 Å². The van der Waals surface area contributed by atoms with Crippen molar-refractivity contribution in [2.24, 2.45) is 0 Å². The average molecular weight is 284 g/mol. The molecule has 1 aromatic rings. The van der Waals surface area contributed by atoms with Crippen LogP contribution in [-0.4, -0.2) is 21.5 Å². The first-order chi connectivity index (χ1) is 9.05. The van der Waals surface area contributed by atoms with E-state index in [1.165, 1.54) is 0 Å². The molecule has 0 radical (unpaired) electrons. The van der Waals surface area contributed by atoms with E-state index in [-0.39, 0.29) is 6.04 Å². The normalized spacial score (nSPS) is 13.4. The number of rotatable bonds is 8. The van der Waals surface area contributed by atoms with Gasteiger partial charge in [-0.05, 0) is 31.5 Å². The first-order valence-corrected chi connectivity index (χ1v) is 8.28. The molecule has 0 aliphatic rings. The number of hydrogen-bond donors (Lipinski definition) is 2. The maximum Gasteiger partial charge on any atom is 0.241 e. The van der Waals surface area contributed by atoms with Crippen molar-refractivity contribution >= 4 is 10.0 Å². The Morgan fingerprint density at radius 3 is 2.47 bits per heavy atom. The fourth-order valence-electron chi connectivity index (χ4n) is 2.08. The van der Waals surface area contributed by atoms with Gasteiger partial charge in [-0.15, -0.1) is 0 Å². The van der Waals surface area contributed by atoms with Gasteiger partial charge in [0.2, 0.25) is 10.0 Å². The number of sulfonamides is 1. The molecular weight excluding hydrogens is 260 g/mol. The molecular formula is C14H24N2O2S. The van der Waals surface area contributed by atoms with Crippen molar-refractivity contribution in [3.63, 3.8) is 0 Å². The summed E-state index contributed by atoms with van der Waals surface area (Å²) in [4.78, 5) is 0.374. The number of nitrogens with one attached hydrogen (secondary N) is 2. The lowest BCUT2D eigenvalue weighted by molar-refractivity contribution is 0.511. The van der Waals surface area contributed by atoms with Gasteiger partial charge in [0.15, 0.2) is 0 Å². The summed E-state index contributed by atoms with van der Waals surface area (Å²) in [6, 6.07) is 7.13. The maximum absolute atomic E-state index is 12.4. The van der Waals surface area contributed by atoms with Gasteiger partial charge in [-0.3, -0.25) is 0 Å². The molecule has 1 atom stereocenters. The highest BCUT2D eigenvalue weighted by molar-refractivity contribution is 7.89. The summed E-state index contributed by atoms with van der Waals surface area (Å²) in [6.07, 6.45) is 2.64. The van der Waals surface area contributed by atoms with Crippen LogP contribution in [0.5, 0.6) is 0 Å². The summed E-state index contributed by atoms with van der Waals surface area (Å²) >= 11 is 0. The molecule has 0 saturated heterocycles. The first kappa shape index (κ1) is 16.1. The molecule has 0 heterocycles. The molecule has 0 fully saturated rings. The van der Waals surface area contributed by atoms with E-state index in [0.29, 0.717) is 11.4 Å². The smallest absolute Gasteiger partial charge is 0.241 e. The van der Waals surface area contributed by atoms with E-state index in [1.54, 1.807) is 12.1 Å². The summed E-state index contributed by atoms with van der Waals surface area (Å²) in [5.41, 5.74) is 0.795. The Balaban J connectivity index is 2.99. The number of benzene rings is 1. The zero-order valence-corrected chi connectivity index (χ0v) is 12.8. The van der Waals surface area contributed by atoms with E-state index in [4.69, 9.17) is 0 Å². The lowest BCUT2D eigenvalue weighted by Crippen LogP contribution is -2.35. The van der Waals surface area contributed by atoms with Gasteiger partial charge in [0, 0.05) is 12.6 Å². The minimum absolute atomic E-state index is 0.0117. The molecule has 0 spiro atoms. The largest absolute Gasteiger partial charge is 0.316 e. The van der Waals surface area contributed by atoms with Crippen LogP contribution in [0.1, 0.15) is 38.7 Å². The Morgan fingerprint density at radius 1 is 1.21 bits per heavy atom. The van der Waals surface area contributed by atoms with Crippen LogP contribution in [-0.2, 0) is 16.6 Å². The van der Waals surface area contributed by atoms with Crippen molar-refractivity contribution in [3.05, 3.63) is 29.8 Å². The highest BCUT2D eigenvalue weighted by Gasteiger charge is 2.20. The monoisotopic (exact) mass is 284 g/mol. The molecule has 1 unspecified atom stereocenters. The Morgan fingerprint density at radius 2 is 1.89 bits per heavy atom. The van der Waals surface area contributed by atoms with Crippen LogP contribution in [0.3, 0.4) is 0 Å². The van der Waals surface area contributed by atoms with E-state index in [2.05, 4.69) is 17.0 Å². The fourth-order valence-corrected chi connectivity index (χ4v) is 3.67. The minimum Gasteiger partial charge on any atom is -0.316 e. The van der Waals surface area contributed by atoms with Crippen LogP contribution in [0.15, 0.2) is 29.2 Å². The van der Waals surface area contributed by atoms with Gasteiger partial charge in [0.05, 0.1) is 4.90 Å². The van der Waals surface area contributed by atoms with Crippen LogP contribution in [0.25, 0.3) is 0 Å². The van der Waals surface area contributed by atoms with Crippen molar-refractivity contribution < 1.29 is 8.42 Å². The SMILES string of the molecule is CCCC(CC)NS(=O)(=O)c1ccccc1CNC. The second kappa shape index (κ2) is 7.62. The molecule has 0 aliphatic heterocycles. The summed E-state index contributed by atoms with van der Waals surface area (Å²) < 4.78 is 27.7. The summed E-state index contributed by atoms with van der Waals surface area (Å²) in [7, 11) is -1.63. The first-order valence-electron chi connectivity index (χ1n) is 6.80. The van der Waals surface area contributed by atoms with E-state index in [0.717, 1.165) is 24.8 Å². The van der Waals surface area contributed by atoms with Crippen molar-refractivity contribution in [2.75, 3.05) is 7.05 Å². The standard InChI is InChI=1S/C14H24N2O2S/c1-4-8-13(5-2)16-19(17,18)14-10-7-6-9-12(14)11-15-3/h6-7,9-10,13,15-16H,4-5,8,11H2,1-3H3. The summed E-state index contributed by atoms with van der Waals surface area (Å²) in [5, 5.41) is 3.00. The second-order valence-electron chi connectivity index (χ2n) is 4.65. The molecule has 4 nitrogen and oxygen atoms in total. The Labute approximate surface area is 116 Å². The molecule has 19 heavy (non-hydrogen) atoms. The van der Waals surface area contributed by atoms with E-state index in [1.807, 2.05) is 26.1 Å². The molecule has 2 N–H and O–H groups in total. The third-order valence-electron chi connectivity index (χ3n) is 3.08. The van der Waals surface area contributed by atoms with E-state index < -0.39 is 10.0 Å². The molecule has 1 rings (SSSR count). The molecule has 0 bridgehead atoms. The molecule has 0 saturated carbocycles. The third-order valence-corrected chi connectivity index (χ3v) is 4.70. The predicted octanol–water partition coefficient (Wildman–Crippen LogP) is 2.26. The van der Waals surface area contributed by atoms with Gasteiger partial charge >= 0.3 is 0 Å². The predicted molar refractivity (Wildman–Crippen MR) is 78.5 cm³/mol. The van der Waals surface area contributed by atoms with Gasteiger partial charge in [-0.1, -0.05) is 38.5 Å². The molecule has 5 heteroatoms. The summed E-state index contributed by atoms with van der Waals surface area (Å²) in [6.45, 7) is 4.61. The van der Waals surface area contributed by atoms with Gasteiger partial charge in [-0.2, -0.15) is 0 Å². The van der Waals surface area contributed by atoms with Gasteiger partial charge in [0.25, 0.3) is 0 Å². The Bertz CT molecular complexity index is 486. The minimum atomic E-state index is -3.44. The van der Waals surface area contributed by atoms with Crippen molar-refractivity contribution in [3.8, 4) is 0 Å².